The Labute approximate surface area is 155 Å². The third-order valence-electron chi connectivity index (χ3n) is 4.93. The van der Waals surface area contributed by atoms with Gasteiger partial charge >= 0.3 is 0 Å². The van der Waals surface area contributed by atoms with E-state index in [2.05, 4.69) is 18.9 Å². The summed E-state index contributed by atoms with van der Waals surface area (Å²) in [5, 5.41) is 6.22. The lowest BCUT2D eigenvalue weighted by atomic mass is 9.81. The van der Waals surface area contributed by atoms with E-state index in [1.807, 2.05) is 36.4 Å². The Morgan fingerprint density at radius 2 is 1.92 bits per heavy atom. The van der Waals surface area contributed by atoms with Crippen molar-refractivity contribution in [2.75, 3.05) is 11.6 Å². The molecule has 0 aromatic heterocycles. The second-order valence-electron chi connectivity index (χ2n) is 7.60. The van der Waals surface area contributed by atoms with Gasteiger partial charge in [0.2, 0.25) is 5.88 Å². The fraction of sp³-hybridized carbons (Fsp3) is 0.524. The number of para-hydroxylation sites is 1. The van der Waals surface area contributed by atoms with Crippen LogP contribution in [-0.2, 0) is 9.53 Å². The van der Waals surface area contributed by atoms with Crippen molar-refractivity contribution < 1.29 is 9.53 Å². The Bertz CT molecular complexity index is 676. The summed E-state index contributed by atoms with van der Waals surface area (Å²) >= 11 is 0. The smallest absolute Gasteiger partial charge is 0.212 e. The molecule has 1 aliphatic carbocycles. The molecule has 0 amide bonds. The number of carbonyl (C=O) groups is 1. The van der Waals surface area contributed by atoms with Gasteiger partial charge in [-0.3, -0.25) is 4.79 Å². The molecule has 5 nitrogen and oxygen atoms in total. The lowest BCUT2D eigenvalue weighted by Crippen LogP contribution is -2.40. The van der Waals surface area contributed by atoms with Gasteiger partial charge < -0.3 is 10.5 Å². The van der Waals surface area contributed by atoms with Crippen molar-refractivity contribution in [3.05, 3.63) is 42.3 Å². The number of anilines is 1. The molecule has 2 aliphatic rings. The minimum atomic E-state index is -0.486. The first-order valence-electron chi connectivity index (χ1n) is 9.63. The zero-order valence-corrected chi connectivity index (χ0v) is 15.7. The molecule has 2 N–H and O–H groups in total. The third-order valence-corrected chi connectivity index (χ3v) is 4.93. The first-order valence-corrected chi connectivity index (χ1v) is 9.63. The summed E-state index contributed by atoms with van der Waals surface area (Å²) in [5.41, 5.74) is 7.09. The maximum atomic E-state index is 13.0. The molecule has 1 saturated carbocycles. The molecule has 1 unspecified atom stereocenters. The molecular formula is C21H29N3O2. The van der Waals surface area contributed by atoms with Crippen molar-refractivity contribution in [2.24, 2.45) is 28.6 Å². The number of nitrogens with two attached hydrogens (primary N) is 1. The molecule has 1 aromatic carbocycles. The van der Waals surface area contributed by atoms with Crippen molar-refractivity contribution in [1.82, 2.24) is 0 Å². The van der Waals surface area contributed by atoms with Crippen LogP contribution in [0.15, 0.2) is 47.4 Å². The highest BCUT2D eigenvalue weighted by Crippen LogP contribution is 2.31. The summed E-state index contributed by atoms with van der Waals surface area (Å²) < 4.78 is 6.00. The van der Waals surface area contributed by atoms with Gasteiger partial charge in [-0.15, -0.1) is 0 Å². The number of rotatable bonds is 6. The van der Waals surface area contributed by atoms with Crippen LogP contribution in [0, 0.1) is 17.8 Å². The van der Waals surface area contributed by atoms with Crippen LogP contribution in [0.2, 0.25) is 0 Å². The molecule has 0 radical (unpaired) electrons. The summed E-state index contributed by atoms with van der Waals surface area (Å²) in [6.45, 7) is 4.76. The summed E-state index contributed by atoms with van der Waals surface area (Å²) in [5.74, 6) is 1.11. The molecule has 0 bridgehead atoms. The SMILES string of the molecule is CC(C)COC1=CC(C(=O)C2CCCCC2)C(N)=NN1c1ccccc1. The van der Waals surface area contributed by atoms with Crippen LogP contribution in [-0.4, -0.2) is 18.2 Å². The minimum Gasteiger partial charge on any atom is -0.478 e. The van der Waals surface area contributed by atoms with Gasteiger partial charge in [0.25, 0.3) is 0 Å². The lowest BCUT2D eigenvalue weighted by Gasteiger charge is -2.31. The lowest BCUT2D eigenvalue weighted by molar-refractivity contribution is -0.124. The van der Waals surface area contributed by atoms with Crippen molar-refractivity contribution in [3.63, 3.8) is 0 Å². The fourth-order valence-corrected chi connectivity index (χ4v) is 3.51. The normalized spacial score (nSPS) is 21.3. The highest BCUT2D eigenvalue weighted by Gasteiger charge is 2.34. The van der Waals surface area contributed by atoms with Crippen LogP contribution in [0.1, 0.15) is 46.0 Å². The minimum absolute atomic E-state index is 0.0911. The van der Waals surface area contributed by atoms with Crippen molar-refractivity contribution in [2.45, 2.75) is 46.0 Å². The molecule has 26 heavy (non-hydrogen) atoms. The zero-order valence-electron chi connectivity index (χ0n) is 15.7. The molecule has 1 heterocycles. The van der Waals surface area contributed by atoms with Crippen LogP contribution >= 0.6 is 0 Å². The van der Waals surface area contributed by atoms with Gasteiger partial charge in [0.15, 0.2) is 5.78 Å². The van der Waals surface area contributed by atoms with Crippen LogP contribution in [0.3, 0.4) is 0 Å². The Morgan fingerprint density at radius 3 is 2.58 bits per heavy atom. The largest absolute Gasteiger partial charge is 0.478 e. The number of carbonyl (C=O) groups excluding carboxylic acids is 1. The number of hydrazone groups is 1. The predicted molar refractivity (Wildman–Crippen MR) is 104 cm³/mol. The first kappa shape index (κ1) is 18.5. The Balaban J connectivity index is 1.86. The number of amidine groups is 1. The number of hydrogen-bond acceptors (Lipinski definition) is 5. The second kappa shape index (κ2) is 8.39. The summed E-state index contributed by atoms with van der Waals surface area (Å²) in [6, 6.07) is 9.74. The van der Waals surface area contributed by atoms with E-state index in [-0.39, 0.29) is 11.7 Å². The zero-order chi connectivity index (χ0) is 18.5. The van der Waals surface area contributed by atoms with Gasteiger partial charge in [-0.1, -0.05) is 51.3 Å². The number of nitrogens with zero attached hydrogens (tertiary/aromatic N) is 2. The average Bonchev–Trinajstić information content (AvgIpc) is 2.67. The van der Waals surface area contributed by atoms with E-state index in [0.29, 0.717) is 24.2 Å². The number of Topliss-reactive ketones (excluding diaryl/α,β-unsaturated/α-hetero) is 1. The molecule has 140 valence electrons. The molecule has 1 aromatic rings. The summed E-state index contributed by atoms with van der Waals surface area (Å²) in [7, 11) is 0. The standard InChI is InChI=1S/C21H29N3O2/c1-15(2)14-26-19-13-18(20(25)16-9-5-3-6-10-16)21(22)23-24(19)17-11-7-4-8-12-17/h4,7-8,11-13,15-16,18H,3,5-6,9-10,14H2,1-2H3,(H2,22,23). The quantitative estimate of drug-likeness (QED) is 0.835. The molecule has 3 rings (SSSR count). The first-order chi connectivity index (χ1) is 12.6. The van der Waals surface area contributed by atoms with E-state index in [1.165, 1.54) is 6.42 Å². The van der Waals surface area contributed by atoms with Gasteiger partial charge in [-0.2, -0.15) is 10.1 Å². The van der Waals surface area contributed by atoms with Crippen LogP contribution in [0.25, 0.3) is 0 Å². The number of ketones is 1. The van der Waals surface area contributed by atoms with E-state index >= 15 is 0 Å². The maximum Gasteiger partial charge on any atom is 0.212 e. The molecule has 1 aliphatic heterocycles. The molecule has 0 spiro atoms. The van der Waals surface area contributed by atoms with E-state index in [4.69, 9.17) is 10.5 Å². The van der Waals surface area contributed by atoms with Crippen molar-refractivity contribution >= 4 is 17.3 Å². The molecule has 5 heteroatoms. The summed E-state index contributed by atoms with van der Waals surface area (Å²) in [6.07, 6.45) is 7.24. The second-order valence-corrected chi connectivity index (χ2v) is 7.60. The third kappa shape index (κ3) is 4.26. The number of benzene rings is 1. The average molecular weight is 355 g/mol. The Morgan fingerprint density at radius 1 is 1.23 bits per heavy atom. The number of ether oxygens (including phenoxy) is 1. The highest BCUT2D eigenvalue weighted by molar-refractivity contribution is 6.07. The van der Waals surface area contributed by atoms with E-state index in [1.54, 1.807) is 5.01 Å². The molecule has 1 fully saturated rings. The van der Waals surface area contributed by atoms with Crippen LogP contribution in [0.4, 0.5) is 5.69 Å². The van der Waals surface area contributed by atoms with Crippen LogP contribution in [0.5, 0.6) is 0 Å². The molecular weight excluding hydrogens is 326 g/mol. The van der Waals surface area contributed by atoms with E-state index in [9.17, 15) is 4.79 Å². The molecule has 1 atom stereocenters. The van der Waals surface area contributed by atoms with Gasteiger partial charge in [0.1, 0.15) is 11.8 Å². The monoisotopic (exact) mass is 355 g/mol. The Hall–Kier alpha value is -2.30. The predicted octanol–water partition coefficient (Wildman–Crippen LogP) is 4.06. The van der Waals surface area contributed by atoms with Crippen LogP contribution < -0.4 is 10.7 Å². The van der Waals surface area contributed by atoms with Crippen molar-refractivity contribution in [3.8, 4) is 0 Å². The van der Waals surface area contributed by atoms with Gasteiger partial charge in [-0.05, 0) is 37.0 Å². The Kier molecular flexibility index (Phi) is 5.96. The highest BCUT2D eigenvalue weighted by atomic mass is 16.5. The van der Waals surface area contributed by atoms with E-state index in [0.717, 1.165) is 31.4 Å². The maximum absolute atomic E-state index is 13.0. The van der Waals surface area contributed by atoms with Gasteiger partial charge in [0, 0.05) is 5.92 Å². The topological polar surface area (TPSA) is 67.9 Å². The van der Waals surface area contributed by atoms with E-state index < -0.39 is 5.92 Å². The number of hydrogen-bond donors (Lipinski definition) is 1. The van der Waals surface area contributed by atoms with Gasteiger partial charge in [-0.25, -0.2) is 0 Å². The summed E-state index contributed by atoms with van der Waals surface area (Å²) in [4.78, 5) is 13.0. The molecule has 0 saturated heterocycles. The van der Waals surface area contributed by atoms with Crippen molar-refractivity contribution in [1.29, 1.82) is 0 Å². The fourth-order valence-electron chi connectivity index (χ4n) is 3.51. The van der Waals surface area contributed by atoms with Gasteiger partial charge in [0.05, 0.1) is 12.3 Å².